The Kier molecular flexibility index (Phi) is 4.57. The Morgan fingerprint density at radius 1 is 1.25 bits per heavy atom. The van der Waals surface area contributed by atoms with E-state index in [0.29, 0.717) is 22.4 Å². The number of hydrogen-bond donors (Lipinski definition) is 2. The molecule has 0 aliphatic rings. The fraction of sp³-hybridized carbons (Fsp3) is 0.0714. The van der Waals surface area contributed by atoms with Crippen LogP contribution in [-0.2, 0) is 6.61 Å². The molecule has 0 fully saturated rings. The van der Waals surface area contributed by atoms with E-state index in [9.17, 15) is 4.39 Å². The molecule has 6 heteroatoms. The molecule has 2 rings (SSSR count). The standard InChI is InChI=1S/C14H12BrFN2O2/c15-12-7-9(1-6-13(12)16)8-20-11-4-2-10(3-5-11)14(17)18-19/h1-7,19H,8H2,(H2,17,18). The minimum Gasteiger partial charge on any atom is -0.489 e. The number of nitrogens with two attached hydrogens (primary N) is 1. The van der Waals surface area contributed by atoms with Crippen LogP contribution in [0.15, 0.2) is 52.1 Å². The Bertz CT molecular complexity index is 630. The predicted molar refractivity (Wildman–Crippen MR) is 77.4 cm³/mol. The van der Waals surface area contributed by atoms with E-state index >= 15 is 0 Å². The first-order valence-corrected chi connectivity index (χ1v) is 6.54. The van der Waals surface area contributed by atoms with Crippen LogP contribution in [0.3, 0.4) is 0 Å². The third-order valence-electron chi connectivity index (χ3n) is 2.65. The van der Waals surface area contributed by atoms with Gasteiger partial charge >= 0.3 is 0 Å². The molecule has 0 saturated carbocycles. The highest BCUT2D eigenvalue weighted by Crippen LogP contribution is 2.19. The molecule has 20 heavy (non-hydrogen) atoms. The summed E-state index contributed by atoms with van der Waals surface area (Å²) in [6.07, 6.45) is 0. The molecule has 2 aromatic rings. The van der Waals surface area contributed by atoms with Crippen molar-refractivity contribution in [2.75, 3.05) is 0 Å². The van der Waals surface area contributed by atoms with E-state index in [-0.39, 0.29) is 11.7 Å². The monoisotopic (exact) mass is 338 g/mol. The zero-order valence-corrected chi connectivity index (χ0v) is 12.0. The highest BCUT2D eigenvalue weighted by Gasteiger charge is 2.03. The van der Waals surface area contributed by atoms with E-state index in [1.165, 1.54) is 6.07 Å². The Labute approximate surface area is 123 Å². The summed E-state index contributed by atoms with van der Waals surface area (Å²) in [6.45, 7) is 0.321. The molecule has 0 aliphatic heterocycles. The molecule has 104 valence electrons. The minimum atomic E-state index is -0.308. The molecule has 3 N–H and O–H groups in total. The van der Waals surface area contributed by atoms with Crippen molar-refractivity contribution >= 4 is 21.8 Å². The largest absolute Gasteiger partial charge is 0.489 e. The van der Waals surface area contributed by atoms with Gasteiger partial charge in [0.15, 0.2) is 5.84 Å². The molecule has 0 amide bonds. The molecule has 0 spiro atoms. The van der Waals surface area contributed by atoms with Crippen LogP contribution < -0.4 is 10.5 Å². The number of amidine groups is 1. The average molecular weight is 339 g/mol. The maximum Gasteiger partial charge on any atom is 0.170 e. The molecule has 0 bridgehead atoms. The van der Waals surface area contributed by atoms with E-state index in [2.05, 4.69) is 21.1 Å². The van der Waals surface area contributed by atoms with Gasteiger partial charge in [0.05, 0.1) is 4.47 Å². The number of ether oxygens (including phenoxy) is 1. The Hall–Kier alpha value is -2.08. The van der Waals surface area contributed by atoms with E-state index in [1.807, 2.05) is 0 Å². The maximum absolute atomic E-state index is 13.1. The highest BCUT2D eigenvalue weighted by atomic mass is 79.9. The molecule has 0 aliphatic carbocycles. The van der Waals surface area contributed by atoms with Crippen LogP contribution in [0.25, 0.3) is 0 Å². The normalized spacial score (nSPS) is 11.4. The summed E-state index contributed by atoms with van der Waals surface area (Å²) >= 11 is 3.12. The van der Waals surface area contributed by atoms with Crippen LogP contribution >= 0.6 is 15.9 Å². The zero-order valence-electron chi connectivity index (χ0n) is 10.4. The van der Waals surface area contributed by atoms with Gasteiger partial charge in [0.1, 0.15) is 18.2 Å². The van der Waals surface area contributed by atoms with Gasteiger partial charge in [-0.2, -0.15) is 0 Å². The first-order valence-electron chi connectivity index (χ1n) is 5.75. The van der Waals surface area contributed by atoms with Crippen molar-refractivity contribution in [3.8, 4) is 5.75 Å². The number of nitrogens with zero attached hydrogens (tertiary/aromatic N) is 1. The number of oxime groups is 1. The van der Waals surface area contributed by atoms with Gasteiger partial charge in [-0.1, -0.05) is 11.2 Å². The van der Waals surface area contributed by atoms with Gasteiger partial charge in [0, 0.05) is 5.56 Å². The highest BCUT2D eigenvalue weighted by molar-refractivity contribution is 9.10. The van der Waals surface area contributed by atoms with E-state index in [1.54, 1.807) is 36.4 Å². The van der Waals surface area contributed by atoms with Crippen LogP contribution in [0.2, 0.25) is 0 Å². The molecule has 0 atom stereocenters. The molecule has 4 nitrogen and oxygen atoms in total. The number of hydrogen-bond acceptors (Lipinski definition) is 3. The summed E-state index contributed by atoms with van der Waals surface area (Å²) in [7, 11) is 0. The van der Waals surface area contributed by atoms with Crippen molar-refractivity contribution in [2.24, 2.45) is 10.9 Å². The van der Waals surface area contributed by atoms with Crippen LogP contribution in [0.5, 0.6) is 5.75 Å². The van der Waals surface area contributed by atoms with Crippen molar-refractivity contribution in [3.05, 3.63) is 63.9 Å². The van der Waals surface area contributed by atoms with Gasteiger partial charge in [-0.3, -0.25) is 0 Å². The molecular weight excluding hydrogens is 327 g/mol. The lowest BCUT2D eigenvalue weighted by atomic mass is 10.2. The smallest absolute Gasteiger partial charge is 0.170 e. The second kappa shape index (κ2) is 6.38. The number of halogens is 2. The summed E-state index contributed by atoms with van der Waals surface area (Å²) in [4.78, 5) is 0. The number of benzene rings is 2. The van der Waals surface area contributed by atoms with Crippen LogP contribution in [0.4, 0.5) is 4.39 Å². The van der Waals surface area contributed by atoms with E-state index < -0.39 is 0 Å². The Morgan fingerprint density at radius 2 is 1.95 bits per heavy atom. The van der Waals surface area contributed by atoms with Crippen LogP contribution in [0.1, 0.15) is 11.1 Å². The van der Waals surface area contributed by atoms with Gasteiger partial charge in [-0.25, -0.2) is 4.39 Å². The van der Waals surface area contributed by atoms with Crippen molar-refractivity contribution in [3.63, 3.8) is 0 Å². The van der Waals surface area contributed by atoms with Gasteiger partial charge in [0.25, 0.3) is 0 Å². The summed E-state index contributed by atoms with van der Waals surface area (Å²) in [5.41, 5.74) is 6.91. The second-order valence-electron chi connectivity index (χ2n) is 4.05. The van der Waals surface area contributed by atoms with Crippen molar-refractivity contribution in [1.29, 1.82) is 0 Å². The minimum absolute atomic E-state index is 0.0408. The van der Waals surface area contributed by atoms with E-state index in [0.717, 1.165) is 5.56 Å². The first-order chi connectivity index (χ1) is 9.60. The Morgan fingerprint density at radius 3 is 2.55 bits per heavy atom. The SMILES string of the molecule is NC(=NO)c1ccc(OCc2ccc(F)c(Br)c2)cc1. The maximum atomic E-state index is 13.1. The van der Waals surface area contributed by atoms with Crippen molar-refractivity contribution in [2.45, 2.75) is 6.61 Å². The van der Waals surface area contributed by atoms with Crippen molar-refractivity contribution < 1.29 is 14.3 Å². The lowest BCUT2D eigenvalue weighted by Crippen LogP contribution is -2.12. The average Bonchev–Trinajstić information content (AvgIpc) is 2.48. The van der Waals surface area contributed by atoms with Crippen LogP contribution in [0, 0.1) is 5.82 Å². The van der Waals surface area contributed by atoms with Gasteiger partial charge in [0.2, 0.25) is 0 Å². The molecule has 0 heterocycles. The van der Waals surface area contributed by atoms with Gasteiger partial charge in [-0.05, 0) is 57.9 Å². The third kappa shape index (κ3) is 3.48. The van der Waals surface area contributed by atoms with Gasteiger partial charge < -0.3 is 15.7 Å². The molecule has 0 radical (unpaired) electrons. The van der Waals surface area contributed by atoms with Gasteiger partial charge in [-0.15, -0.1) is 0 Å². The lowest BCUT2D eigenvalue weighted by Gasteiger charge is -2.07. The fourth-order valence-corrected chi connectivity index (χ4v) is 2.00. The summed E-state index contributed by atoms with van der Waals surface area (Å²) < 4.78 is 19.1. The third-order valence-corrected chi connectivity index (χ3v) is 3.26. The molecule has 0 saturated heterocycles. The summed E-state index contributed by atoms with van der Waals surface area (Å²) in [5.74, 6) is 0.371. The first kappa shape index (κ1) is 14.3. The molecule has 0 aromatic heterocycles. The second-order valence-corrected chi connectivity index (χ2v) is 4.90. The molecule has 2 aromatic carbocycles. The summed E-state index contributed by atoms with van der Waals surface area (Å²) in [6, 6.07) is 11.5. The van der Waals surface area contributed by atoms with Crippen molar-refractivity contribution in [1.82, 2.24) is 0 Å². The lowest BCUT2D eigenvalue weighted by molar-refractivity contribution is 0.306. The Balaban J connectivity index is 2.02. The zero-order chi connectivity index (χ0) is 14.5. The summed E-state index contributed by atoms with van der Waals surface area (Å²) in [5, 5.41) is 11.5. The van der Waals surface area contributed by atoms with E-state index in [4.69, 9.17) is 15.7 Å². The number of rotatable bonds is 4. The quantitative estimate of drug-likeness (QED) is 0.389. The molecular formula is C14H12BrFN2O2. The van der Waals surface area contributed by atoms with Crippen LogP contribution in [-0.4, -0.2) is 11.0 Å². The fourth-order valence-electron chi connectivity index (χ4n) is 1.58. The molecule has 0 unspecified atom stereocenters. The topological polar surface area (TPSA) is 67.8 Å². The predicted octanol–water partition coefficient (Wildman–Crippen LogP) is 3.26.